The highest BCUT2D eigenvalue weighted by Crippen LogP contribution is 2.26. The quantitative estimate of drug-likeness (QED) is 0.530. The molecule has 7 nitrogen and oxygen atoms in total. The molecule has 0 bridgehead atoms. The normalized spacial score (nSPS) is 20.3. The van der Waals surface area contributed by atoms with Crippen LogP contribution in [0.3, 0.4) is 0 Å². The molecule has 1 aliphatic rings. The van der Waals surface area contributed by atoms with E-state index < -0.39 is 0 Å². The summed E-state index contributed by atoms with van der Waals surface area (Å²) >= 11 is 1.31. The summed E-state index contributed by atoms with van der Waals surface area (Å²) in [7, 11) is 0. The third kappa shape index (κ3) is 5.65. The molecule has 1 fully saturated rings. The van der Waals surface area contributed by atoms with E-state index in [4.69, 9.17) is 10.6 Å². The van der Waals surface area contributed by atoms with Crippen molar-refractivity contribution in [2.45, 2.75) is 76.4 Å². The van der Waals surface area contributed by atoms with Gasteiger partial charge in [-0.15, -0.1) is 10.2 Å². The molecule has 0 saturated heterocycles. The minimum Gasteiger partial charge on any atom is -0.486 e. The number of nitrogens with two attached hydrogens (primary N) is 1. The molecule has 2 aromatic rings. The Hall–Kier alpha value is -2.22. The van der Waals surface area contributed by atoms with Crippen molar-refractivity contribution in [3.8, 4) is 5.75 Å². The van der Waals surface area contributed by atoms with Gasteiger partial charge in [0.25, 0.3) is 0 Å². The molecule has 3 atom stereocenters. The zero-order chi connectivity index (χ0) is 21.0. The number of nitrogens with one attached hydrogen (secondary N) is 1. The maximum absolute atomic E-state index is 12.6. The van der Waals surface area contributed by atoms with Gasteiger partial charge in [-0.25, -0.2) is 4.68 Å². The van der Waals surface area contributed by atoms with Gasteiger partial charge >= 0.3 is 0 Å². The van der Waals surface area contributed by atoms with Crippen molar-refractivity contribution in [3.05, 3.63) is 35.2 Å². The summed E-state index contributed by atoms with van der Waals surface area (Å²) in [5.41, 5.74) is 2.27. The SMILES string of the molecule is Cc1cc(C)cc(OCc2nnc(SC(C)C(=O)NC3CCCCC3C)n2N)c1. The molecule has 1 aromatic carbocycles. The zero-order valence-corrected chi connectivity index (χ0v) is 18.5. The van der Waals surface area contributed by atoms with Gasteiger partial charge < -0.3 is 15.9 Å². The number of aromatic nitrogens is 3. The molecule has 1 amide bonds. The van der Waals surface area contributed by atoms with Gasteiger partial charge in [0.05, 0.1) is 5.25 Å². The third-order valence-corrected chi connectivity index (χ3v) is 6.45. The van der Waals surface area contributed by atoms with E-state index in [1.54, 1.807) is 0 Å². The summed E-state index contributed by atoms with van der Waals surface area (Å²) in [6, 6.07) is 6.29. The van der Waals surface area contributed by atoms with E-state index in [0.717, 1.165) is 23.3 Å². The minimum atomic E-state index is -0.302. The summed E-state index contributed by atoms with van der Waals surface area (Å²) < 4.78 is 7.22. The molecule has 8 heteroatoms. The molecule has 0 aliphatic heterocycles. The highest BCUT2D eigenvalue weighted by molar-refractivity contribution is 8.00. The lowest BCUT2D eigenvalue weighted by Crippen LogP contribution is -2.44. The second-order valence-corrected chi connectivity index (χ2v) is 9.33. The Morgan fingerprint density at radius 2 is 1.97 bits per heavy atom. The van der Waals surface area contributed by atoms with Crippen LogP contribution >= 0.6 is 11.8 Å². The molecule has 158 valence electrons. The fourth-order valence-electron chi connectivity index (χ4n) is 3.69. The van der Waals surface area contributed by atoms with Gasteiger partial charge in [0, 0.05) is 6.04 Å². The molecule has 3 unspecified atom stereocenters. The predicted molar refractivity (Wildman–Crippen MR) is 115 cm³/mol. The summed E-state index contributed by atoms with van der Waals surface area (Å²) in [6.45, 7) is 8.35. The van der Waals surface area contributed by atoms with Crippen LogP contribution in [0.5, 0.6) is 5.75 Å². The van der Waals surface area contributed by atoms with Crippen LogP contribution in [0.2, 0.25) is 0 Å². The van der Waals surface area contributed by atoms with Crippen molar-refractivity contribution in [3.63, 3.8) is 0 Å². The van der Waals surface area contributed by atoms with Gasteiger partial charge in [-0.3, -0.25) is 4.79 Å². The third-order valence-electron chi connectivity index (χ3n) is 5.39. The summed E-state index contributed by atoms with van der Waals surface area (Å²) in [6.07, 6.45) is 4.66. The van der Waals surface area contributed by atoms with Gasteiger partial charge in [0.2, 0.25) is 11.1 Å². The molecular formula is C21H31N5O2S. The number of nitrogens with zero attached hydrogens (tertiary/aromatic N) is 3. The van der Waals surface area contributed by atoms with Crippen molar-refractivity contribution >= 4 is 17.7 Å². The molecule has 1 aliphatic carbocycles. The lowest BCUT2D eigenvalue weighted by molar-refractivity contribution is -0.121. The van der Waals surface area contributed by atoms with Crippen LogP contribution in [0.4, 0.5) is 0 Å². The Morgan fingerprint density at radius 3 is 2.66 bits per heavy atom. The van der Waals surface area contributed by atoms with Crippen molar-refractivity contribution in [1.29, 1.82) is 0 Å². The first-order valence-corrected chi connectivity index (χ1v) is 11.1. The Morgan fingerprint density at radius 1 is 1.28 bits per heavy atom. The maximum atomic E-state index is 12.6. The number of thioether (sulfide) groups is 1. The van der Waals surface area contributed by atoms with E-state index in [-0.39, 0.29) is 23.8 Å². The van der Waals surface area contributed by atoms with Crippen molar-refractivity contribution in [2.75, 3.05) is 5.84 Å². The maximum Gasteiger partial charge on any atom is 0.233 e. The topological polar surface area (TPSA) is 95.1 Å². The molecule has 3 N–H and O–H groups in total. The van der Waals surface area contributed by atoms with Crippen LogP contribution in [0, 0.1) is 19.8 Å². The molecule has 0 spiro atoms. The van der Waals surface area contributed by atoms with E-state index in [2.05, 4.69) is 28.5 Å². The van der Waals surface area contributed by atoms with Gasteiger partial charge in [0.15, 0.2) is 5.82 Å². The number of carbonyl (C=O) groups is 1. The first-order valence-electron chi connectivity index (χ1n) is 10.2. The van der Waals surface area contributed by atoms with E-state index >= 15 is 0 Å². The molecular weight excluding hydrogens is 386 g/mol. The van der Waals surface area contributed by atoms with Crippen LogP contribution < -0.4 is 15.9 Å². The average Bonchev–Trinajstić information content (AvgIpc) is 3.01. The number of amides is 1. The lowest BCUT2D eigenvalue weighted by Gasteiger charge is -2.30. The summed E-state index contributed by atoms with van der Waals surface area (Å²) in [5, 5.41) is 11.7. The number of benzene rings is 1. The standard InChI is InChI=1S/C21H31N5O2S/c1-13-9-14(2)11-17(10-13)28-12-19-24-25-21(26(19)22)29-16(4)20(27)23-18-8-6-5-7-15(18)3/h9-11,15-16,18H,5-8,12,22H2,1-4H3,(H,23,27). The summed E-state index contributed by atoms with van der Waals surface area (Å²) in [5.74, 6) is 7.97. The fraction of sp³-hybridized carbons (Fsp3) is 0.571. The largest absolute Gasteiger partial charge is 0.486 e. The van der Waals surface area contributed by atoms with Crippen LogP contribution in [-0.4, -0.2) is 32.1 Å². The van der Waals surface area contributed by atoms with Crippen LogP contribution in [-0.2, 0) is 11.4 Å². The van der Waals surface area contributed by atoms with Crippen LogP contribution in [0.1, 0.15) is 56.5 Å². The molecule has 1 heterocycles. The first-order chi connectivity index (χ1) is 13.8. The number of ether oxygens (including phenoxy) is 1. The van der Waals surface area contributed by atoms with Gasteiger partial charge in [-0.2, -0.15) is 0 Å². The number of hydrogen-bond donors (Lipinski definition) is 2. The number of rotatable bonds is 7. The fourth-order valence-corrected chi connectivity index (χ4v) is 4.49. The van der Waals surface area contributed by atoms with Gasteiger partial charge in [0.1, 0.15) is 12.4 Å². The van der Waals surface area contributed by atoms with Crippen molar-refractivity contribution in [1.82, 2.24) is 20.2 Å². The van der Waals surface area contributed by atoms with Crippen LogP contribution in [0.15, 0.2) is 23.4 Å². The molecule has 0 radical (unpaired) electrons. The number of aryl methyl sites for hydroxylation is 2. The average molecular weight is 418 g/mol. The van der Waals surface area contributed by atoms with Crippen LogP contribution in [0.25, 0.3) is 0 Å². The molecule has 1 aromatic heterocycles. The zero-order valence-electron chi connectivity index (χ0n) is 17.6. The van der Waals surface area contributed by atoms with E-state index in [1.165, 1.54) is 35.7 Å². The van der Waals surface area contributed by atoms with E-state index in [9.17, 15) is 4.79 Å². The molecule has 3 rings (SSSR count). The number of hydrogen-bond acceptors (Lipinski definition) is 6. The van der Waals surface area contributed by atoms with Crippen molar-refractivity contribution in [2.24, 2.45) is 5.92 Å². The van der Waals surface area contributed by atoms with Gasteiger partial charge in [-0.1, -0.05) is 37.6 Å². The number of carbonyl (C=O) groups excluding carboxylic acids is 1. The Kier molecular flexibility index (Phi) is 7.05. The predicted octanol–water partition coefficient (Wildman–Crippen LogP) is 3.36. The highest BCUT2D eigenvalue weighted by Gasteiger charge is 2.26. The van der Waals surface area contributed by atoms with E-state index in [0.29, 0.717) is 16.9 Å². The van der Waals surface area contributed by atoms with E-state index in [1.807, 2.05) is 32.9 Å². The minimum absolute atomic E-state index is 0.0183. The summed E-state index contributed by atoms with van der Waals surface area (Å²) in [4.78, 5) is 12.6. The Bertz CT molecular complexity index is 833. The number of nitrogen functional groups attached to an aromatic ring is 1. The highest BCUT2D eigenvalue weighted by atomic mass is 32.2. The Balaban J connectivity index is 1.56. The monoisotopic (exact) mass is 417 g/mol. The molecule has 29 heavy (non-hydrogen) atoms. The second kappa shape index (κ2) is 9.52. The second-order valence-electron chi connectivity index (χ2n) is 8.02. The smallest absolute Gasteiger partial charge is 0.233 e. The molecule has 1 saturated carbocycles. The lowest BCUT2D eigenvalue weighted by atomic mass is 9.86. The van der Waals surface area contributed by atoms with Crippen molar-refractivity contribution < 1.29 is 9.53 Å². The van der Waals surface area contributed by atoms with Gasteiger partial charge in [-0.05, 0) is 62.8 Å². The Labute approximate surface area is 176 Å². The first kappa shape index (κ1) is 21.5.